The second-order valence-electron chi connectivity index (χ2n) is 4.35. The van der Waals surface area contributed by atoms with Crippen LogP contribution >= 0.6 is 8.03 Å². The van der Waals surface area contributed by atoms with Crippen LogP contribution in [0, 0.1) is 0 Å². The van der Waals surface area contributed by atoms with Gasteiger partial charge in [-0.1, -0.05) is 30.3 Å². The first-order chi connectivity index (χ1) is 9.09. The highest BCUT2D eigenvalue weighted by molar-refractivity contribution is 7.37. The molecule has 0 aromatic heterocycles. The van der Waals surface area contributed by atoms with Crippen LogP contribution in [-0.4, -0.2) is 33.8 Å². The molecule has 0 aliphatic carbocycles. The maximum Gasteiger partial charge on any atom is 0.245 e. The third-order valence-electron chi connectivity index (χ3n) is 2.75. The summed E-state index contributed by atoms with van der Waals surface area (Å²) in [5, 5.41) is 10.1. The van der Waals surface area contributed by atoms with Crippen molar-refractivity contribution in [3.8, 4) is 0 Å². The van der Waals surface area contributed by atoms with Crippen LogP contribution in [0.4, 0.5) is 0 Å². The third-order valence-corrected chi connectivity index (χ3v) is 3.53. The number of carbonyl (C=O) groups excluding carboxylic acids is 1. The van der Waals surface area contributed by atoms with Crippen LogP contribution in [0.2, 0.25) is 0 Å². The summed E-state index contributed by atoms with van der Waals surface area (Å²) >= 11 is 0. The van der Waals surface area contributed by atoms with E-state index in [1.54, 1.807) is 0 Å². The van der Waals surface area contributed by atoms with Crippen LogP contribution in [0.5, 0.6) is 0 Å². The molecule has 106 valence electrons. The Morgan fingerprint density at radius 1 is 1.21 bits per heavy atom. The van der Waals surface area contributed by atoms with Gasteiger partial charge in [0.1, 0.15) is 0 Å². The molecular formula is C13H20NO4P. The number of nitrogens with zero attached hydrogens (tertiary/aromatic N) is 1. The zero-order valence-electron chi connectivity index (χ0n) is 10.8. The quantitative estimate of drug-likeness (QED) is 0.435. The fourth-order valence-corrected chi connectivity index (χ4v) is 2.18. The minimum absolute atomic E-state index is 0.112. The van der Waals surface area contributed by atoms with Crippen molar-refractivity contribution in [1.82, 2.24) is 5.06 Å². The van der Waals surface area contributed by atoms with Crippen LogP contribution < -0.4 is 0 Å². The van der Waals surface area contributed by atoms with E-state index in [1.807, 2.05) is 30.3 Å². The van der Waals surface area contributed by atoms with Gasteiger partial charge in [0.15, 0.2) is 8.03 Å². The first-order valence-corrected chi connectivity index (χ1v) is 7.91. The van der Waals surface area contributed by atoms with E-state index in [9.17, 15) is 14.6 Å². The van der Waals surface area contributed by atoms with E-state index >= 15 is 0 Å². The largest absolute Gasteiger partial charge is 0.346 e. The van der Waals surface area contributed by atoms with Crippen molar-refractivity contribution in [1.29, 1.82) is 0 Å². The summed E-state index contributed by atoms with van der Waals surface area (Å²) in [7, 11) is -2.51. The van der Waals surface area contributed by atoms with E-state index < -0.39 is 8.03 Å². The molecule has 0 spiro atoms. The highest BCUT2D eigenvalue weighted by Crippen LogP contribution is 2.14. The lowest BCUT2D eigenvalue weighted by atomic mass is 10.1. The Kier molecular flexibility index (Phi) is 7.41. The fourth-order valence-electron chi connectivity index (χ4n) is 1.72. The molecule has 1 atom stereocenters. The average Bonchev–Trinajstić information content (AvgIpc) is 2.39. The number of hydroxylamine groups is 2. The smallest absolute Gasteiger partial charge is 0.245 e. The van der Waals surface area contributed by atoms with E-state index in [2.05, 4.69) is 0 Å². The van der Waals surface area contributed by atoms with Crippen LogP contribution in [0.25, 0.3) is 0 Å². The monoisotopic (exact) mass is 285 g/mol. The Labute approximate surface area is 113 Å². The summed E-state index contributed by atoms with van der Waals surface area (Å²) in [6.07, 6.45) is 2.23. The van der Waals surface area contributed by atoms with Gasteiger partial charge < -0.3 is 4.89 Å². The molecule has 1 unspecified atom stereocenters. The number of amides is 1. The van der Waals surface area contributed by atoms with E-state index in [0.29, 0.717) is 17.9 Å². The minimum Gasteiger partial charge on any atom is -0.346 e. The summed E-state index contributed by atoms with van der Waals surface area (Å²) in [5.41, 5.74) is 1.17. The SMILES string of the molecule is O=C(CCCc1ccccc1)N(O)CCC[PH](=O)O. The Hall–Kier alpha value is -1.16. The summed E-state index contributed by atoms with van der Waals surface area (Å²) in [6, 6.07) is 9.84. The molecule has 1 amide bonds. The molecule has 1 aromatic carbocycles. The van der Waals surface area contributed by atoms with Gasteiger partial charge in [-0.15, -0.1) is 0 Å². The van der Waals surface area contributed by atoms with Gasteiger partial charge in [0.25, 0.3) is 0 Å². The van der Waals surface area contributed by atoms with E-state index in [0.717, 1.165) is 6.42 Å². The number of hydrogen-bond acceptors (Lipinski definition) is 3. The van der Waals surface area contributed by atoms with Gasteiger partial charge in [-0.25, -0.2) is 5.06 Å². The van der Waals surface area contributed by atoms with Crippen LogP contribution in [0.1, 0.15) is 24.8 Å². The minimum atomic E-state index is -2.51. The van der Waals surface area contributed by atoms with Gasteiger partial charge in [0.2, 0.25) is 5.91 Å². The van der Waals surface area contributed by atoms with E-state index in [1.165, 1.54) is 5.56 Å². The number of benzene rings is 1. The Balaban J connectivity index is 2.18. The topological polar surface area (TPSA) is 77.8 Å². The molecule has 0 fully saturated rings. The average molecular weight is 285 g/mol. The van der Waals surface area contributed by atoms with Crippen LogP contribution in [-0.2, 0) is 15.8 Å². The first kappa shape index (κ1) is 15.9. The molecular weight excluding hydrogens is 265 g/mol. The van der Waals surface area contributed by atoms with Crippen LogP contribution in [0.15, 0.2) is 30.3 Å². The van der Waals surface area contributed by atoms with Gasteiger partial charge >= 0.3 is 0 Å². The standard InChI is InChI=1S/C13H20NO4P/c15-13(14(16)10-5-11-19(17)18)9-4-8-12-6-2-1-3-7-12/h1-3,6-7,16,19H,4-5,8-11H2,(H,17,18). The first-order valence-electron chi connectivity index (χ1n) is 6.34. The van der Waals surface area contributed by atoms with Crippen molar-refractivity contribution >= 4 is 13.9 Å². The van der Waals surface area contributed by atoms with Crippen molar-refractivity contribution < 1.29 is 19.5 Å². The lowest BCUT2D eigenvalue weighted by molar-refractivity contribution is -0.165. The second kappa shape index (κ2) is 8.86. The van der Waals surface area contributed by atoms with E-state index in [4.69, 9.17) is 4.89 Å². The highest BCUT2D eigenvalue weighted by atomic mass is 31.1. The van der Waals surface area contributed by atoms with Gasteiger partial charge in [-0.3, -0.25) is 14.6 Å². The molecule has 6 heteroatoms. The zero-order chi connectivity index (χ0) is 14.1. The van der Waals surface area contributed by atoms with E-state index in [-0.39, 0.29) is 25.0 Å². The molecule has 1 aromatic rings. The van der Waals surface area contributed by atoms with Crippen molar-refractivity contribution in [2.45, 2.75) is 25.7 Å². The maximum atomic E-state index is 11.6. The molecule has 0 aliphatic heterocycles. The Morgan fingerprint density at radius 2 is 1.89 bits per heavy atom. The third kappa shape index (κ3) is 7.11. The highest BCUT2D eigenvalue weighted by Gasteiger charge is 2.10. The summed E-state index contributed by atoms with van der Waals surface area (Å²) in [5.74, 6) is -0.339. The molecule has 0 radical (unpaired) electrons. The fraction of sp³-hybridized carbons (Fsp3) is 0.462. The van der Waals surface area contributed by atoms with Crippen molar-refractivity contribution in [3.05, 3.63) is 35.9 Å². The molecule has 0 heterocycles. The summed E-state index contributed by atoms with van der Waals surface area (Å²) < 4.78 is 10.5. The molecule has 0 bridgehead atoms. The Bertz CT molecular complexity index is 410. The van der Waals surface area contributed by atoms with Gasteiger partial charge in [0.05, 0.1) is 0 Å². The number of rotatable bonds is 8. The zero-order valence-corrected chi connectivity index (χ0v) is 11.8. The number of hydrogen-bond donors (Lipinski definition) is 2. The van der Waals surface area contributed by atoms with Gasteiger partial charge in [-0.2, -0.15) is 0 Å². The predicted octanol–water partition coefficient (Wildman–Crippen LogP) is 2.08. The lowest BCUT2D eigenvalue weighted by Gasteiger charge is -2.14. The molecule has 0 saturated carbocycles. The second-order valence-corrected chi connectivity index (χ2v) is 5.64. The molecule has 19 heavy (non-hydrogen) atoms. The van der Waals surface area contributed by atoms with Gasteiger partial charge in [-0.05, 0) is 24.8 Å². The summed E-state index contributed by atoms with van der Waals surface area (Å²) in [6.45, 7) is 0.112. The molecule has 0 saturated heterocycles. The summed E-state index contributed by atoms with van der Waals surface area (Å²) in [4.78, 5) is 20.2. The Morgan fingerprint density at radius 3 is 2.53 bits per heavy atom. The van der Waals surface area contributed by atoms with Crippen molar-refractivity contribution in [3.63, 3.8) is 0 Å². The number of carbonyl (C=O) groups is 1. The molecule has 0 aliphatic rings. The normalized spacial score (nSPS) is 12.1. The van der Waals surface area contributed by atoms with Crippen molar-refractivity contribution in [2.24, 2.45) is 0 Å². The predicted molar refractivity (Wildman–Crippen MR) is 73.6 cm³/mol. The molecule has 5 nitrogen and oxygen atoms in total. The molecule has 1 rings (SSSR count). The maximum absolute atomic E-state index is 11.6. The van der Waals surface area contributed by atoms with Gasteiger partial charge in [0, 0.05) is 19.1 Å². The lowest BCUT2D eigenvalue weighted by Crippen LogP contribution is -2.28. The van der Waals surface area contributed by atoms with Crippen molar-refractivity contribution in [2.75, 3.05) is 12.7 Å². The number of aryl methyl sites for hydroxylation is 1. The molecule has 2 N–H and O–H groups in total. The van der Waals surface area contributed by atoms with Crippen LogP contribution in [0.3, 0.4) is 0 Å².